The van der Waals surface area contributed by atoms with Gasteiger partial charge >= 0.3 is 11.9 Å². The van der Waals surface area contributed by atoms with Crippen LogP contribution < -0.4 is 10.6 Å². The van der Waals surface area contributed by atoms with Crippen LogP contribution in [0, 0.1) is 0 Å². The van der Waals surface area contributed by atoms with Crippen molar-refractivity contribution in [2.75, 3.05) is 6.61 Å². The minimum Gasteiger partial charge on any atom is -0.508 e. The van der Waals surface area contributed by atoms with Gasteiger partial charge in [-0.3, -0.25) is 14.4 Å². The summed E-state index contributed by atoms with van der Waals surface area (Å²) >= 11 is 0. The average molecular weight is 829 g/mol. The molecule has 12 nitrogen and oxygen atoms in total. The summed E-state index contributed by atoms with van der Waals surface area (Å²) in [5.74, 6) is -2.54. The first-order valence-electron chi connectivity index (χ1n) is 20.6. The molecular formula is C49H52N2O10. The molecule has 0 radical (unpaired) electrons. The predicted octanol–water partition coefficient (Wildman–Crippen LogP) is 6.31. The van der Waals surface area contributed by atoms with E-state index in [0.717, 1.165) is 22.3 Å². The van der Waals surface area contributed by atoms with Gasteiger partial charge in [-0.1, -0.05) is 78.9 Å². The minimum atomic E-state index is -0.963. The molecule has 1 aliphatic heterocycles. The largest absolute Gasteiger partial charge is 0.508 e. The number of aliphatic hydroxyl groups is 1. The lowest BCUT2D eigenvalue weighted by Crippen LogP contribution is -2.43. The molecular weight excluding hydrogens is 777 g/mol. The Bertz CT molecular complexity index is 2300. The number of aliphatic hydroxyl groups excluding tert-OH is 1. The molecule has 0 aromatic heterocycles. The molecule has 3 aliphatic rings. The molecule has 0 unspecified atom stereocenters. The van der Waals surface area contributed by atoms with Crippen LogP contribution >= 0.6 is 0 Å². The zero-order valence-electron chi connectivity index (χ0n) is 34.6. The maximum Gasteiger partial charge on any atom is 0.338 e. The third-order valence-electron chi connectivity index (χ3n) is 10.8. The molecule has 7 rings (SSSR count). The van der Waals surface area contributed by atoms with Crippen molar-refractivity contribution in [2.45, 2.75) is 102 Å². The summed E-state index contributed by atoms with van der Waals surface area (Å²) in [4.78, 5) is 53.0. The van der Waals surface area contributed by atoms with Gasteiger partial charge in [-0.2, -0.15) is 0 Å². The van der Waals surface area contributed by atoms with Crippen molar-refractivity contribution >= 4 is 29.8 Å². The fourth-order valence-electron chi connectivity index (χ4n) is 7.92. The fraction of sp³-hybridized carbons (Fsp3) is 0.347. The van der Waals surface area contributed by atoms with Crippen LogP contribution in [0.1, 0.15) is 88.6 Å². The standard InChI is InChI=1S/C49H52N2O10/c1-48(2,3)60-43(54)22-21-39(30-52)51-46(56)34-18-10-13-32(24-34)29-50-45(55)38-25-41(44-42(26-38)59-49(61-44)27-36-15-4-5-16-37(36)28-49)58-47(57)35-19-9-12-31(23-35)11-8-17-33-14-6-7-20-40(33)53/h4-16,18-20,23-24,26,39,41-42,44,52-53H,17,21-22,25,27-30H2,1-3H3,(H,50,55)(H,51,56)/t39-,41+,42+,44-/m0/s1. The second kappa shape index (κ2) is 18.7. The van der Waals surface area contributed by atoms with E-state index in [1.165, 1.54) is 0 Å². The van der Waals surface area contributed by atoms with Gasteiger partial charge in [-0.05, 0) is 97.8 Å². The number of rotatable bonds is 14. The Labute approximate surface area is 355 Å². The first-order valence-corrected chi connectivity index (χ1v) is 20.6. The van der Waals surface area contributed by atoms with Crippen molar-refractivity contribution in [2.24, 2.45) is 0 Å². The van der Waals surface area contributed by atoms with Gasteiger partial charge in [0, 0.05) is 43.4 Å². The van der Waals surface area contributed by atoms with E-state index in [4.69, 9.17) is 18.9 Å². The van der Waals surface area contributed by atoms with Gasteiger partial charge in [0.15, 0.2) is 5.79 Å². The number of phenolic OH excluding ortho intramolecular Hbond substituents is 1. The van der Waals surface area contributed by atoms with Crippen molar-refractivity contribution in [3.8, 4) is 5.75 Å². The number of fused-ring (bicyclic) bond motifs is 2. The SMILES string of the molecule is CC(C)(C)OC(=O)CC[C@@H](CO)NC(=O)c1cccc(CNC(=O)C2=C[C@H]3OC4(Cc5ccccc5C4)O[C@H]3[C@H](OC(=O)c3cccc(C=CCc4ccccc4O)c3)C2)c1. The van der Waals surface area contributed by atoms with Crippen molar-refractivity contribution in [1.29, 1.82) is 0 Å². The number of hydrogen-bond acceptors (Lipinski definition) is 10. The summed E-state index contributed by atoms with van der Waals surface area (Å²) in [6, 6.07) is 28.3. The second-order valence-electron chi connectivity index (χ2n) is 16.8. The van der Waals surface area contributed by atoms with E-state index in [9.17, 15) is 29.4 Å². The number of nitrogens with one attached hydrogen (secondary N) is 2. The normalized spacial score (nSPS) is 19.4. The topological polar surface area (TPSA) is 170 Å². The molecule has 0 saturated carbocycles. The number of esters is 2. The zero-order chi connectivity index (χ0) is 43.1. The molecule has 1 saturated heterocycles. The van der Waals surface area contributed by atoms with E-state index in [2.05, 4.69) is 10.6 Å². The number of carbonyl (C=O) groups is 4. The molecule has 4 atom stereocenters. The fourth-order valence-corrected chi connectivity index (χ4v) is 7.92. The summed E-state index contributed by atoms with van der Waals surface area (Å²) in [5.41, 5.74) is 4.86. The number of allylic oxidation sites excluding steroid dienone is 1. The Morgan fingerprint density at radius 3 is 2.34 bits per heavy atom. The number of phenols is 1. The number of ether oxygens (including phenoxy) is 4. The average Bonchev–Trinajstić information content (AvgIpc) is 3.79. The molecule has 4 aromatic carbocycles. The molecule has 1 heterocycles. The molecule has 12 heteroatoms. The molecule has 318 valence electrons. The first kappa shape index (κ1) is 43.0. The Morgan fingerprint density at radius 2 is 1.61 bits per heavy atom. The maximum atomic E-state index is 13.9. The van der Waals surface area contributed by atoms with Crippen molar-refractivity contribution in [3.63, 3.8) is 0 Å². The van der Waals surface area contributed by atoms with Gasteiger partial charge < -0.3 is 39.8 Å². The molecule has 0 bridgehead atoms. The van der Waals surface area contributed by atoms with Crippen LogP contribution in [0.15, 0.2) is 115 Å². The van der Waals surface area contributed by atoms with Crippen molar-refractivity contribution in [1.82, 2.24) is 10.6 Å². The van der Waals surface area contributed by atoms with E-state index in [1.807, 2.05) is 54.6 Å². The minimum absolute atomic E-state index is 0.0336. The third kappa shape index (κ3) is 11.0. The lowest BCUT2D eigenvalue weighted by atomic mass is 9.91. The van der Waals surface area contributed by atoms with Crippen LogP contribution in [0.25, 0.3) is 6.08 Å². The number of aromatic hydroxyl groups is 1. The molecule has 2 amide bonds. The summed E-state index contributed by atoms with van der Waals surface area (Å²) in [7, 11) is 0. The monoisotopic (exact) mass is 828 g/mol. The van der Waals surface area contributed by atoms with Crippen molar-refractivity contribution < 1.29 is 48.3 Å². The van der Waals surface area contributed by atoms with Gasteiger partial charge in [-0.25, -0.2) is 4.79 Å². The number of hydrogen-bond donors (Lipinski definition) is 4. The van der Waals surface area contributed by atoms with E-state index in [1.54, 1.807) is 81.4 Å². The first-order chi connectivity index (χ1) is 29.3. The van der Waals surface area contributed by atoms with E-state index < -0.39 is 53.6 Å². The molecule has 4 N–H and O–H groups in total. The summed E-state index contributed by atoms with van der Waals surface area (Å²) in [6.45, 7) is 5.06. The van der Waals surface area contributed by atoms with E-state index in [0.29, 0.717) is 41.5 Å². The molecule has 2 aliphatic carbocycles. The molecule has 1 fully saturated rings. The molecule has 1 spiro atoms. The number of amides is 2. The Balaban J connectivity index is 1.01. The van der Waals surface area contributed by atoms with Crippen molar-refractivity contribution in [3.05, 3.63) is 154 Å². The summed E-state index contributed by atoms with van der Waals surface area (Å²) < 4.78 is 24.8. The van der Waals surface area contributed by atoms with Gasteiger partial charge in [-0.15, -0.1) is 0 Å². The maximum absolute atomic E-state index is 13.9. The van der Waals surface area contributed by atoms with Gasteiger partial charge in [0.2, 0.25) is 5.91 Å². The Kier molecular flexibility index (Phi) is 13.2. The quantitative estimate of drug-likeness (QED) is 0.106. The Morgan fingerprint density at radius 1 is 0.885 bits per heavy atom. The van der Waals surface area contributed by atoms with Gasteiger partial charge in [0.25, 0.3) is 5.91 Å². The van der Waals surface area contributed by atoms with Crippen LogP contribution in [0.2, 0.25) is 0 Å². The van der Waals surface area contributed by atoms with Gasteiger partial charge in [0.05, 0.1) is 18.2 Å². The van der Waals surface area contributed by atoms with Crippen LogP contribution in [-0.2, 0) is 54.3 Å². The predicted molar refractivity (Wildman–Crippen MR) is 227 cm³/mol. The van der Waals surface area contributed by atoms with Crippen LogP contribution in [0.4, 0.5) is 0 Å². The summed E-state index contributed by atoms with van der Waals surface area (Å²) in [6.07, 6.45) is 5.27. The highest BCUT2D eigenvalue weighted by molar-refractivity contribution is 5.95. The highest BCUT2D eigenvalue weighted by Gasteiger charge is 2.55. The van der Waals surface area contributed by atoms with E-state index >= 15 is 0 Å². The third-order valence-corrected chi connectivity index (χ3v) is 10.8. The highest BCUT2D eigenvalue weighted by Crippen LogP contribution is 2.45. The number of benzene rings is 4. The smallest absolute Gasteiger partial charge is 0.338 e. The molecule has 4 aromatic rings. The van der Waals surface area contributed by atoms with E-state index in [-0.39, 0.29) is 44.1 Å². The Hall–Kier alpha value is -6.08. The number of carbonyl (C=O) groups excluding carboxylic acids is 4. The van der Waals surface area contributed by atoms with Crippen LogP contribution in [0.3, 0.4) is 0 Å². The highest BCUT2D eigenvalue weighted by atomic mass is 16.8. The zero-order valence-corrected chi connectivity index (χ0v) is 34.6. The van der Waals surface area contributed by atoms with Crippen LogP contribution in [-0.4, -0.2) is 76.3 Å². The summed E-state index contributed by atoms with van der Waals surface area (Å²) in [5, 5.41) is 25.7. The lowest BCUT2D eigenvalue weighted by molar-refractivity contribution is -0.172. The van der Waals surface area contributed by atoms with Gasteiger partial charge in [0.1, 0.15) is 29.7 Å². The lowest BCUT2D eigenvalue weighted by Gasteiger charge is -2.30. The van der Waals surface area contributed by atoms with Crippen LogP contribution in [0.5, 0.6) is 5.75 Å². The molecule has 61 heavy (non-hydrogen) atoms. The second-order valence-corrected chi connectivity index (χ2v) is 16.8. The number of para-hydroxylation sites is 1.